The van der Waals surface area contributed by atoms with Gasteiger partial charge in [0, 0.05) is 46.3 Å². The van der Waals surface area contributed by atoms with E-state index in [9.17, 15) is 0 Å². The normalized spacial score (nSPS) is 13.2. The molecular formula is C20H22N4. The molecule has 0 aliphatic carbocycles. The third-order valence-electron chi connectivity index (χ3n) is 4.66. The van der Waals surface area contributed by atoms with Gasteiger partial charge < -0.3 is 9.97 Å². The molecule has 4 heteroatoms. The van der Waals surface area contributed by atoms with Crippen LogP contribution in [-0.4, -0.2) is 19.9 Å². The van der Waals surface area contributed by atoms with Crippen molar-refractivity contribution < 1.29 is 0 Å². The summed E-state index contributed by atoms with van der Waals surface area (Å²) < 4.78 is 0. The molecule has 0 aliphatic heterocycles. The van der Waals surface area contributed by atoms with Gasteiger partial charge in [-0.2, -0.15) is 0 Å². The molecule has 0 spiro atoms. The molecule has 0 saturated carbocycles. The first-order valence-electron chi connectivity index (χ1n) is 8.51. The molecule has 0 saturated heterocycles. The SMILES string of the molecule is CC(C)c1cc2cnc(CC(C)c3cc4ncccc4[nH]3)cc2[nH]1. The molecule has 4 aromatic rings. The number of hydrogen-bond acceptors (Lipinski definition) is 2. The third-order valence-corrected chi connectivity index (χ3v) is 4.66. The van der Waals surface area contributed by atoms with Gasteiger partial charge in [-0.1, -0.05) is 20.8 Å². The number of aromatic amines is 2. The lowest BCUT2D eigenvalue weighted by molar-refractivity contribution is 0.724. The second kappa shape index (κ2) is 5.78. The number of pyridine rings is 2. The quantitative estimate of drug-likeness (QED) is 0.562. The Kier molecular flexibility index (Phi) is 3.60. The van der Waals surface area contributed by atoms with Crippen molar-refractivity contribution in [1.29, 1.82) is 0 Å². The molecule has 0 aliphatic rings. The van der Waals surface area contributed by atoms with E-state index in [0.717, 1.165) is 23.1 Å². The van der Waals surface area contributed by atoms with Gasteiger partial charge in [0.05, 0.1) is 11.0 Å². The summed E-state index contributed by atoms with van der Waals surface area (Å²) in [6.45, 7) is 6.63. The fraction of sp³-hybridized carbons (Fsp3) is 0.300. The van der Waals surface area contributed by atoms with Crippen LogP contribution in [-0.2, 0) is 6.42 Å². The molecule has 4 nitrogen and oxygen atoms in total. The van der Waals surface area contributed by atoms with Crippen molar-refractivity contribution in [2.45, 2.75) is 39.0 Å². The van der Waals surface area contributed by atoms with Gasteiger partial charge in [-0.05, 0) is 42.7 Å². The summed E-state index contributed by atoms with van der Waals surface area (Å²) in [4.78, 5) is 16.0. The van der Waals surface area contributed by atoms with Gasteiger partial charge in [-0.25, -0.2) is 0 Å². The zero-order chi connectivity index (χ0) is 16.7. The predicted molar refractivity (Wildman–Crippen MR) is 98.4 cm³/mol. The van der Waals surface area contributed by atoms with Gasteiger partial charge in [0.1, 0.15) is 0 Å². The number of fused-ring (bicyclic) bond motifs is 2. The number of H-pyrrole nitrogens is 2. The van der Waals surface area contributed by atoms with E-state index >= 15 is 0 Å². The molecule has 0 bridgehead atoms. The van der Waals surface area contributed by atoms with Crippen molar-refractivity contribution in [2.75, 3.05) is 0 Å². The fourth-order valence-corrected chi connectivity index (χ4v) is 3.18. The van der Waals surface area contributed by atoms with E-state index in [2.05, 4.69) is 65.0 Å². The Bertz CT molecular complexity index is 960. The van der Waals surface area contributed by atoms with Crippen LogP contribution in [0, 0.1) is 0 Å². The van der Waals surface area contributed by atoms with Crippen LogP contribution >= 0.6 is 0 Å². The number of nitrogens with one attached hydrogen (secondary N) is 2. The fourth-order valence-electron chi connectivity index (χ4n) is 3.18. The average molecular weight is 318 g/mol. The summed E-state index contributed by atoms with van der Waals surface area (Å²) in [5.41, 5.74) is 6.87. The number of rotatable bonds is 4. The molecule has 4 aromatic heterocycles. The third kappa shape index (κ3) is 2.68. The highest BCUT2D eigenvalue weighted by molar-refractivity contribution is 5.80. The lowest BCUT2D eigenvalue weighted by atomic mass is 10.0. The summed E-state index contributed by atoms with van der Waals surface area (Å²) in [6, 6.07) is 10.5. The topological polar surface area (TPSA) is 57.4 Å². The zero-order valence-electron chi connectivity index (χ0n) is 14.3. The lowest BCUT2D eigenvalue weighted by Gasteiger charge is -2.09. The van der Waals surface area contributed by atoms with Crippen LogP contribution in [0.1, 0.15) is 49.7 Å². The van der Waals surface area contributed by atoms with Crippen LogP contribution < -0.4 is 0 Å². The molecule has 0 aromatic carbocycles. The molecule has 0 amide bonds. The minimum absolute atomic E-state index is 0.365. The maximum atomic E-state index is 4.65. The monoisotopic (exact) mass is 318 g/mol. The van der Waals surface area contributed by atoms with E-state index in [1.54, 1.807) is 0 Å². The summed E-state index contributed by atoms with van der Waals surface area (Å²) in [5.74, 6) is 0.863. The molecule has 122 valence electrons. The van der Waals surface area contributed by atoms with E-state index in [-0.39, 0.29) is 0 Å². The van der Waals surface area contributed by atoms with E-state index in [1.807, 2.05) is 18.5 Å². The maximum absolute atomic E-state index is 4.65. The minimum Gasteiger partial charge on any atom is -0.358 e. The van der Waals surface area contributed by atoms with E-state index in [1.165, 1.54) is 22.3 Å². The second-order valence-electron chi connectivity index (χ2n) is 6.91. The maximum Gasteiger partial charge on any atom is 0.0881 e. The Balaban J connectivity index is 1.60. The van der Waals surface area contributed by atoms with Crippen LogP contribution in [0.3, 0.4) is 0 Å². The molecular weight excluding hydrogens is 296 g/mol. The van der Waals surface area contributed by atoms with Gasteiger partial charge >= 0.3 is 0 Å². The smallest absolute Gasteiger partial charge is 0.0881 e. The van der Waals surface area contributed by atoms with Crippen LogP contribution in [0.25, 0.3) is 21.9 Å². The molecule has 0 fully saturated rings. The highest BCUT2D eigenvalue weighted by Crippen LogP contribution is 2.25. The Morgan fingerprint density at radius 2 is 1.79 bits per heavy atom. The molecule has 0 radical (unpaired) electrons. The molecule has 1 unspecified atom stereocenters. The zero-order valence-corrected chi connectivity index (χ0v) is 14.3. The van der Waals surface area contributed by atoms with Crippen LogP contribution in [0.4, 0.5) is 0 Å². The Morgan fingerprint density at radius 3 is 2.58 bits per heavy atom. The molecule has 24 heavy (non-hydrogen) atoms. The van der Waals surface area contributed by atoms with Crippen molar-refractivity contribution in [1.82, 2.24) is 19.9 Å². The number of aromatic nitrogens is 4. The first-order chi connectivity index (χ1) is 11.6. The van der Waals surface area contributed by atoms with E-state index in [4.69, 9.17) is 0 Å². The molecule has 4 heterocycles. The Labute approximate surface area is 141 Å². The van der Waals surface area contributed by atoms with Gasteiger partial charge in [0.25, 0.3) is 0 Å². The minimum atomic E-state index is 0.365. The molecule has 1 atom stereocenters. The van der Waals surface area contributed by atoms with Crippen LogP contribution in [0.15, 0.2) is 42.7 Å². The van der Waals surface area contributed by atoms with Gasteiger partial charge in [-0.3, -0.25) is 9.97 Å². The van der Waals surface area contributed by atoms with Crippen LogP contribution in [0.2, 0.25) is 0 Å². The summed E-state index contributed by atoms with van der Waals surface area (Å²) >= 11 is 0. The highest BCUT2D eigenvalue weighted by atomic mass is 14.8. The van der Waals surface area contributed by atoms with Crippen molar-refractivity contribution in [2.24, 2.45) is 0 Å². The largest absolute Gasteiger partial charge is 0.358 e. The average Bonchev–Trinajstić information content (AvgIpc) is 3.18. The lowest BCUT2D eigenvalue weighted by Crippen LogP contribution is -2.00. The van der Waals surface area contributed by atoms with Crippen LogP contribution in [0.5, 0.6) is 0 Å². The number of nitrogens with zero attached hydrogens (tertiary/aromatic N) is 2. The second-order valence-corrected chi connectivity index (χ2v) is 6.91. The standard InChI is InChI=1S/C20H22N4/c1-12(2)17-8-14-11-22-15(9-19(14)24-17)7-13(3)18-10-20-16(23-18)5-4-6-21-20/h4-6,8-13,23-24H,7H2,1-3H3. The Hall–Kier alpha value is -2.62. The summed E-state index contributed by atoms with van der Waals surface area (Å²) in [7, 11) is 0. The number of hydrogen-bond donors (Lipinski definition) is 2. The summed E-state index contributed by atoms with van der Waals surface area (Å²) in [5, 5.41) is 1.19. The Morgan fingerprint density at radius 1 is 0.958 bits per heavy atom. The first kappa shape index (κ1) is 14.9. The van der Waals surface area contributed by atoms with E-state index < -0.39 is 0 Å². The predicted octanol–water partition coefficient (Wildman–Crippen LogP) is 4.91. The highest BCUT2D eigenvalue weighted by Gasteiger charge is 2.12. The van der Waals surface area contributed by atoms with Crippen molar-refractivity contribution in [3.8, 4) is 0 Å². The van der Waals surface area contributed by atoms with Gasteiger partial charge in [-0.15, -0.1) is 0 Å². The summed E-state index contributed by atoms with van der Waals surface area (Å²) in [6.07, 6.45) is 4.71. The first-order valence-corrected chi connectivity index (χ1v) is 8.51. The van der Waals surface area contributed by atoms with Gasteiger partial charge in [0.15, 0.2) is 0 Å². The van der Waals surface area contributed by atoms with E-state index in [0.29, 0.717) is 11.8 Å². The van der Waals surface area contributed by atoms with Crippen molar-refractivity contribution in [3.63, 3.8) is 0 Å². The molecule has 2 N–H and O–H groups in total. The van der Waals surface area contributed by atoms with Crippen molar-refractivity contribution in [3.05, 3.63) is 59.8 Å². The van der Waals surface area contributed by atoms with Gasteiger partial charge in [0.2, 0.25) is 0 Å². The van der Waals surface area contributed by atoms with Crippen molar-refractivity contribution >= 4 is 21.9 Å². The molecule has 4 rings (SSSR count).